The minimum atomic E-state index is -0.215. The Morgan fingerprint density at radius 2 is 2.04 bits per heavy atom. The Labute approximate surface area is 160 Å². The van der Waals surface area contributed by atoms with Crippen LogP contribution in [0, 0.1) is 34.0 Å². The predicted molar refractivity (Wildman–Crippen MR) is 110 cm³/mol. The summed E-state index contributed by atoms with van der Waals surface area (Å²) < 4.78 is 0. The topological polar surface area (TPSA) is 29.1 Å². The first-order chi connectivity index (χ1) is 12.1. The largest absolute Gasteiger partial charge is 0.355 e. The second kappa shape index (κ2) is 6.84. The van der Waals surface area contributed by atoms with E-state index in [0.717, 1.165) is 19.4 Å². The number of hydrogen-bond acceptors (Lipinski definition) is 1. The summed E-state index contributed by atoms with van der Waals surface area (Å²) in [6.45, 7) is 16.3. The minimum Gasteiger partial charge on any atom is -0.355 e. The van der Waals surface area contributed by atoms with Crippen molar-refractivity contribution >= 4 is 5.91 Å². The highest BCUT2D eigenvalue weighted by molar-refractivity contribution is 5.83. The SMILES string of the molecule is C=C[C@@]1(C)CC=C2[C@@H](CC[C@@H]3[C@](C)(C(=O)NCC(C)C)CCC[C@@]23C)C1. The van der Waals surface area contributed by atoms with Crippen LogP contribution in [-0.4, -0.2) is 12.5 Å². The molecule has 3 aliphatic carbocycles. The van der Waals surface area contributed by atoms with Crippen molar-refractivity contribution in [2.24, 2.45) is 34.0 Å². The monoisotopic (exact) mass is 357 g/mol. The third-order valence-electron chi connectivity index (χ3n) is 8.02. The lowest BCUT2D eigenvalue weighted by Crippen LogP contribution is -2.55. The third kappa shape index (κ3) is 3.18. The van der Waals surface area contributed by atoms with Gasteiger partial charge in [0.25, 0.3) is 0 Å². The first-order valence-corrected chi connectivity index (χ1v) is 10.8. The zero-order valence-corrected chi connectivity index (χ0v) is 17.7. The molecular weight excluding hydrogens is 318 g/mol. The van der Waals surface area contributed by atoms with Gasteiger partial charge in [0.1, 0.15) is 0 Å². The van der Waals surface area contributed by atoms with Gasteiger partial charge in [-0.3, -0.25) is 4.79 Å². The Hall–Kier alpha value is -1.05. The van der Waals surface area contributed by atoms with Gasteiger partial charge in [0.15, 0.2) is 0 Å². The van der Waals surface area contributed by atoms with Crippen LogP contribution in [0.25, 0.3) is 0 Å². The minimum absolute atomic E-state index is 0.202. The molecule has 0 aromatic rings. The summed E-state index contributed by atoms with van der Waals surface area (Å²) in [5.74, 6) is 1.97. The Balaban J connectivity index is 1.88. The number of carbonyl (C=O) groups is 1. The highest BCUT2D eigenvalue weighted by Crippen LogP contribution is 2.63. The van der Waals surface area contributed by atoms with Crippen LogP contribution in [0.2, 0.25) is 0 Å². The number of nitrogens with one attached hydrogen (secondary N) is 1. The molecule has 1 amide bonds. The molecule has 0 aliphatic heterocycles. The Kier molecular flexibility index (Phi) is 5.18. The average molecular weight is 358 g/mol. The standard InChI is InChI=1S/C24H39NO/c1-7-22(4)14-11-19-18(15-22)9-10-20-23(19,5)12-8-13-24(20,6)21(26)25-16-17(2)3/h7,11,17-18,20H,1,8-10,12-16H2,2-6H3,(H,25,26)/t18-,20-,22-,23-,24+/m0/s1. The molecule has 3 rings (SSSR count). The third-order valence-corrected chi connectivity index (χ3v) is 8.02. The summed E-state index contributed by atoms with van der Waals surface area (Å²) in [4.78, 5) is 13.2. The van der Waals surface area contributed by atoms with Gasteiger partial charge in [-0.1, -0.05) is 58.8 Å². The van der Waals surface area contributed by atoms with Crippen molar-refractivity contribution < 1.29 is 4.79 Å². The van der Waals surface area contributed by atoms with Crippen LogP contribution in [0.4, 0.5) is 0 Å². The summed E-state index contributed by atoms with van der Waals surface area (Å²) in [5.41, 5.74) is 1.92. The zero-order chi connectivity index (χ0) is 19.2. The molecule has 2 fully saturated rings. The molecule has 0 heterocycles. The molecule has 26 heavy (non-hydrogen) atoms. The Bertz CT molecular complexity index is 605. The summed E-state index contributed by atoms with van der Waals surface area (Å²) in [6, 6.07) is 0. The molecule has 0 bridgehead atoms. The van der Waals surface area contributed by atoms with Gasteiger partial charge in [0.05, 0.1) is 0 Å². The predicted octanol–water partition coefficient (Wildman–Crippen LogP) is 5.89. The van der Waals surface area contributed by atoms with Crippen molar-refractivity contribution in [1.82, 2.24) is 5.32 Å². The van der Waals surface area contributed by atoms with Gasteiger partial charge in [-0.05, 0) is 67.1 Å². The van der Waals surface area contributed by atoms with Crippen molar-refractivity contribution in [1.29, 1.82) is 0 Å². The molecule has 1 N–H and O–H groups in total. The van der Waals surface area contributed by atoms with Gasteiger partial charge in [-0.2, -0.15) is 0 Å². The van der Waals surface area contributed by atoms with E-state index in [9.17, 15) is 4.79 Å². The van der Waals surface area contributed by atoms with Crippen LogP contribution in [0.5, 0.6) is 0 Å². The quantitative estimate of drug-likeness (QED) is 0.624. The lowest BCUT2D eigenvalue weighted by Gasteiger charge is -2.58. The summed E-state index contributed by atoms with van der Waals surface area (Å²) in [5, 5.41) is 3.27. The molecule has 2 heteroatoms. The van der Waals surface area contributed by atoms with Crippen molar-refractivity contribution in [2.45, 2.75) is 79.6 Å². The second-order valence-corrected chi connectivity index (χ2v) is 10.5. The molecule has 0 radical (unpaired) electrons. The lowest BCUT2D eigenvalue weighted by atomic mass is 9.46. The molecule has 0 aromatic carbocycles. The highest BCUT2D eigenvalue weighted by Gasteiger charge is 2.57. The van der Waals surface area contributed by atoms with E-state index in [1.807, 2.05) is 0 Å². The summed E-state index contributed by atoms with van der Waals surface area (Å²) >= 11 is 0. The van der Waals surface area contributed by atoms with E-state index in [0.29, 0.717) is 23.7 Å². The molecule has 5 atom stereocenters. The maximum absolute atomic E-state index is 13.2. The Morgan fingerprint density at radius 3 is 2.69 bits per heavy atom. The van der Waals surface area contributed by atoms with Crippen LogP contribution in [0.15, 0.2) is 24.3 Å². The average Bonchev–Trinajstić information content (AvgIpc) is 2.59. The van der Waals surface area contributed by atoms with E-state index >= 15 is 0 Å². The molecule has 0 spiro atoms. The zero-order valence-electron chi connectivity index (χ0n) is 17.7. The smallest absolute Gasteiger partial charge is 0.226 e. The molecule has 2 nitrogen and oxygen atoms in total. The fraction of sp³-hybridized carbons (Fsp3) is 0.792. The van der Waals surface area contributed by atoms with Gasteiger partial charge >= 0.3 is 0 Å². The maximum Gasteiger partial charge on any atom is 0.226 e. The van der Waals surface area contributed by atoms with Crippen LogP contribution in [-0.2, 0) is 4.79 Å². The van der Waals surface area contributed by atoms with Gasteiger partial charge in [-0.15, -0.1) is 6.58 Å². The molecule has 0 saturated heterocycles. The molecule has 146 valence electrons. The van der Waals surface area contributed by atoms with Gasteiger partial charge in [0, 0.05) is 12.0 Å². The lowest BCUT2D eigenvalue weighted by molar-refractivity contribution is -0.142. The first kappa shape index (κ1) is 19.7. The van der Waals surface area contributed by atoms with E-state index in [-0.39, 0.29) is 16.2 Å². The van der Waals surface area contributed by atoms with Crippen molar-refractivity contribution in [3.63, 3.8) is 0 Å². The van der Waals surface area contributed by atoms with Crippen LogP contribution in [0.3, 0.4) is 0 Å². The normalized spacial score (nSPS) is 42.5. The van der Waals surface area contributed by atoms with Crippen LogP contribution >= 0.6 is 0 Å². The van der Waals surface area contributed by atoms with Crippen LogP contribution in [0.1, 0.15) is 79.6 Å². The van der Waals surface area contributed by atoms with Crippen molar-refractivity contribution in [3.05, 3.63) is 24.3 Å². The van der Waals surface area contributed by atoms with Gasteiger partial charge < -0.3 is 5.32 Å². The molecule has 2 saturated carbocycles. The highest BCUT2D eigenvalue weighted by atomic mass is 16.2. The van der Waals surface area contributed by atoms with E-state index < -0.39 is 0 Å². The number of carbonyl (C=O) groups excluding carboxylic acids is 1. The number of hydrogen-bond donors (Lipinski definition) is 1. The van der Waals surface area contributed by atoms with Gasteiger partial charge in [-0.25, -0.2) is 0 Å². The summed E-state index contributed by atoms with van der Waals surface area (Å²) in [7, 11) is 0. The molecule has 3 aliphatic rings. The van der Waals surface area contributed by atoms with E-state index in [1.165, 1.54) is 32.1 Å². The van der Waals surface area contributed by atoms with E-state index in [1.54, 1.807) is 5.57 Å². The molecule has 0 unspecified atom stereocenters. The maximum atomic E-state index is 13.2. The molecule has 0 aromatic heterocycles. The van der Waals surface area contributed by atoms with Crippen molar-refractivity contribution in [2.75, 3.05) is 6.54 Å². The Morgan fingerprint density at radius 1 is 1.31 bits per heavy atom. The number of allylic oxidation sites excluding steroid dienone is 3. The fourth-order valence-corrected chi connectivity index (χ4v) is 6.39. The number of fused-ring (bicyclic) bond motifs is 3. The van der Waals surface area contributed by atoms with Crippen molar-refractivity contribution in [3.8, 4) is 0 Å². The first-order valence-electron chi connectivity index (χ1n) is 10.8. The molecular formula is C24H39NO. The number of amides is 1. The number of rotatable bonds is 4. The summed E-state index contributed by atoms with van der Waals surface area (Å²) in [6.07, 6.45) is 12.9. The van der Waals surface area contributed by atoms with E-state index in [4.69, 9.17) is 0 Å². The second-order valence-electron chi connectivity index (χ2n) is 10.5. The fourth-order valence-electron chi connectivity index (χ4n) is 6.39. The van der Waals surface area contributed by atoms with E-state index in [2.05, 4.69) is 58.7 Å². The van der Waals surface area contributed by atoms with Crippen LogP contribution < -0.4 is 5.32 Å². The van der Waals surface area contributed by atoms with Gasteiger partial charge in [0.2, 0.25) is 5.91 Å².